The molecule has 1 amide bonds. The van der Waals surface area contributed by atoms with Gasteiger partial charge < -0.3 is 15.0 Å². The maximum Gasteiger partial charge on any atom is 0.238 e. The minimum Gasteiger partial charge on any atom is -0.494 e. The van der Waals surface area contributed by atoms with Gasteiger partial charge in [0, 0.05) is 23.6 Å². The first-order chi connectivity index (χ1) is 20.6. The first-order valence-corrected chi connectivity index (χ1v) is 14.2. The van der Waals surface area contributed by atoms with E-state index in [1.807, 2.05) is 72.6 Å². The normalized spacial score (nSPS) is 23.2. The number of fused-ring (bicyclic) bond motifs is 6. The van der Waals surface area contributed by atoms with Gasteiger partial charge in [-0.25, -0.2) is 0 Å². The predicted octanol–water partition coefficient (Wildman–Crippen LogP) is 5.85. The van der Waals surface area contributed by atoms with E-state index >= 15 is 0 Å². The van der Waals surface area contributed by atoms with Crippen LogP contribution in [-0.4, -0.2) is 40.0 Å². The summed E-state index contributed by atoms with van der Waals surface area (Å²) in [7, 11) is 0. The summed E-state index contributed by atoms with van der Waals surface area (Å²) in [6.45, 7) is 2.60. The first kappa shape index (κ1) is 25.9. The van der Waals surface area contributed by atoms with Crippen LogP contribution in [0.25, 0.3) is 6.08 Å². The number of nitrogens with zero attached hydrogens (tertiary/aromatic N) is 2. The van der Waals surface area contributed by atoms with E-state index in [9.17, 15) is 14.4 Å². The van der Waals surface area contributed by atoms with Crippen LogP contribution in [0.15, 0.2) is 103 Å². The van der Waals surface area contributed by atoms with E-state index in [4.69, 9.17) is 4.74 Å². The summed E-state index contributed by atoms with van der Waals surface area (Å²) in [5.74, 6) is -1.26. The molecule has 1 saturated heterocycles. The van der Waals surface area contributed by atoms with Crippen molar-refractivity contribution >= 4 is 29.2 Å². The van der Waals surface area contributed by atoms with E-state index in [0.717, 1.165) is 17.5 Å². The number of hydrogen-bond donors (Lipinski definition) is 1. The molecular weight excluding hydrogens is 526 g/mol. The average Bonchev–Trinajstić information content (AvgIpc) is 3.52. The fourth-order valence-corrected chi connectivity index (χ4v) is 6.94. The Bertz CT molecular complexity index is 1730. The van der Waals surface area contributed by atoms with Gasteiger partial charge in [-0.2, -0.15) is 0 Å². The summed E-state index contributed by atoms with van der Waals surface area (Å²) in [5.41, 5.74) is 2.50. The Labute approximate surface area is 243 Å². The number of carbonyl (C=O) groups is 3. The Morgan fingerprint density at radius 3 is 2.48 bits per heavy atom. The Morgan fingerprint density at radius 1 is 0.929 bits per heavy atom. The van der Waals surface area contributed by atoms with Gasteiger partial charge >= 0.3 is 0 Å². The molecule has 1 N–H and O–H groups in total. The molecule has 3 aliphatic rings. The molecule has 0 radical (unpaired) electrons. The number of rotatable bonds is 7. The van der Waals surface area contributed by atoms with Gasteiger partial charge in [-0.1, -0.05) is 55.5 Å². The molecule has 42 heavy (non-hydrogen) atoms. The number of carbonyl (C=O) groups excluding carboxylic acids is 3. The molecule has 0 aliphatic carbocycles. The second-order valence-electron chi connectivity index (χ2n) is 10.9. The summed E-state index contributed by atoms with van der Waals surface area (Å²) >= 11 is 0. The highest BCUT2D eigenvalue weighted by Gasteiger charge is 2.70. The van der Waals surface area contributed by atoms with Crippen LogP contribution >= 0.6 is 0 Å². The monoisotopic (exact) mass is 555 g/mol. The SMILES string of the molecule is CCCOc1ccc(C(=O)[C@@H]2[C@H](C(=O)c3ccccn3)N3C=Cc4ccccc4[C@@H]3[C@@]23C(=O)Nc2ccccc23)cc1. The summed E-state index contributed by atoms with van der Waals surface area (Å²) in [5, 5.41) is 3.07. The highest BCUT2D eigenvalue weighted by molar-refractivity contribution is 6.16. The second-order valence-corrected chi connectivity index (χ2v) is 10.9. The quantitative estimate of drug-likeness (QED) is 0.288. The number of amides is 1. The van der Waals surface area contributed by atoms with Crippen LogP contribution < -0.4 is 10.1 Å². The third kappa shape index (κ3) is 3.73. The zero-order valence-corrected chi connectivity index (χ0v) is 23.1. The lowest BCUT2D eigenvalue weighted by molar-refractivity contribution is -0.122. The maximum absolute atomic E-state index is 14.8. The summed E-state index contributed by atoms with van der Waals surface area (Å²) < 4.78 is 5.75. The number of aromatic nitrogens is 1. The standard InChI is InChI=1S/C35H29N3O4/c1-2-21-42-24-16-14-23(15-17-24)31(39)29-30(32(40)28-13-7-8-19-36-28)38-20-18-22-9-3-4-10-25(22)33(38)35(29)26-11-5-6-12-27(26)37-34(35)41/h3-20,29-30,33H,2,21H2,1H3,(H,37,41)/t29-,30+,33+,35-/m0/s1. The van der Waals surface area contributed by atoms with Crippen LogP contribution in [0.4, 0.5) is 5.69 Å². The van der Waals surface area contributed by atoms with Crippen molar-refractivity contribution in [3.8, 4) is 5.75 Å². The molecule has 1 fully saturated rings. The van der Waals surface area contributed by atoms with Crippen LogP contribution in [0.1, 0.15) is 56.9 Å². The number of pyridine rings is 1. The number of hydrogen-bond acceptors (Lipinski definition) is 6. The number of benzene rings is 3. The molecule has 7 nitrogen and oxygen atoms in total. The Kier molecular flexibility index (Phi) is 6.23. The molecule has 7 rings (SSSR count). The van der Waals surface area contributed by atoms with Crippen molar-refractivity contribution in [2.24, 2.45) is 5.92 Å². The predicted molar refractivity (Wildman–Crippen MR) is 159 cm³/mol. The van der Waals surface area contributed by atoms with Gasteiger partial charge in [-0.05, 0) is 71.7 Å². The number of anilines is 1. The molecular formula is C35H29N3O4. The fourth-order valence-electron chi connectivity index (χ4n) is 6.94. The van der Waals surface area contributed by atoms with Crippen LogP contribution in [0.2, 0.25) is 0 Å². The molecule has 1 spiro atoms. The summed E-state index contributed by atoms with van der Waals surface area (Å²) in [6, 6.07) is 25.9. The van der Waals surface area contributed by atoms with Crippen molar-refractivity contribution in [3.05, 3.63) is 131 Å². The van der Waals surface area contributed by atoms with Crippen molar-refractivity contribution in [1.29, 1.82) is 0 Å². The highest BCUT2D eigenvalue weighted by Crippen LogP contribution is 2.62. The van der Waals surface area contributed by atoms with Crippen LogP contribution in [-0.2, 0) is 10.2 Å². The topological polar surface area (TPSA) is 88.6 Å². The van der Waals surface area contributed by atoms with E-state index in [2.05, 4.69) is 10.3 Å². The van der Waals surface area contributed by atoms with Crippen molar-refractivity contribution < 1.29 is 19.1 Å². The minimum atomic E-state index is -1.37. The molecule has 208 valence electrons. The highest BCUT2D eigenvalue weighted by atomic mass is 16.5. The third-order valence-corrected chi connectivity index (χ3v) is 8.65. The van der Waals surface area contributed by atoms with Crippen LogP contribution in [0, 0.1) is 5.92 Å². The number of Topliss-reactive ketones (excluding diaryl/α,β-unsaturated/α-hetero) is 2. The largest absolute Gasteiger partial charge is 0.494 e. The molecule has 3 aromatic carbocycles. The third-order valence-electron chi connectivity index (χ3n) is 8.65. The smallest absolute Gasteiger partial charge is 0.238 e. The molecule has 7 heteroatoms. The van der Waals surface area contributed by atoms with Crippen molar-refractivity contribution in [2.75, 3.05) is 11.9 Å². The molecule has 0 unspecified atom stereocenters. The maximum atomic E-state index is 14.8. The van der Waals surface area contributed by atoms with Crippen LogP contribution in [0.3, 0.4) is 0 Å². The molecule has 1 aromatic heterocycles. The lowest BCUT2D eigenvalue weighted by Gasteiger charge is -2.38. The van der Waals surface area contributed by atoms with Gasteiger partial charge in [0.2, 0.25) is 11.7 Å². The van der Waals surface area contributed by atoms with Crippen molar-refractivity contribution in [1.82, 2.24) is 9.88 Å². The minimum absolute atomic E-state index is 0.248. The first-order valence-electron chi connectivity index (χ1n) is 14.2. The lowest BCUT2D eigenvalue weighted by Crippen LogP contribution is -2.49. The Hall–Kier alpha value is -5.04. The molecule has 4 atom stereocenters. The van der Waals surface area contributed by atoms with Crippen molar-refractivity contribution in [3.63, 3.8) is 0 Å². The number of ether oxygens (including phenoxy) is 1. The van der Waals surface area contributed by atoms with Gasteiger partial charge in [0.25, 0.3) is 0 Å². The number of nitrogens with one attached hydrogen (secondary N) is 1. The number of ketones is 2. The van der Waals surface area contributed by atoms with Crippen molar-refractivity contribution in [2.45, 2.75) is 30.8 Å². The molecule has 4 aromatic rings. The van der Waals surface area contributed by atoms with Gasteiger partial charge in [0.15, 0.2) is 5.78 Å². The van der Waals surface area contributed by atoms with E-state index in [1.165, 1.54) is 0 Å². The Balaban J connectivity index is 1.47. The van der Waals surface area contributed by atoms with Gasteiger partial charge in [-0.3, -0.25) is 19.4 Å². The molecule has 0 bridgehead atoms. The van der Waals surface area contributed by atoms with E-state index in [0.29, 0.717) is 29.2 Å². The van der Waals surface area contributed by atoms with E-state index in [-0.39, 0.29) is 23.2 Å². The Morgan fingerprint density at radius 2 is 1.69 bits per heavy atom. The van der Waals surface area contributed by atoms with Gasteiger partial charge in [-0.15, -0.1) is 0 Å². The zero-order valence-electron chi connectivity index (χ0n) is 23.1. The molecule has 0 saturated carbocycles. The summed E-state index contributed by atoms with van der Waals surface area (Å²) in [4.78, 5) is 50.1. The second kappa shape index (κ2) is 10.1. The lowest BCUT2D eigenvalue weighted by atomic mass is 9.62. The van der Waals surface area contributed by atoms with E-state index in [1.54, 1.807) is 48.7 Å². The number of para-hydroxylation sites is 1. The van der Waals surface area contributed by atoms with Gasteiger partial charge in [0.1, 0.15) is 22.9 Å². The van der Waals surface area contributed by atoms with Gasteiger partial charge in [0.05, 0.1) is 18.6 Å². The summed E-state index contributed by atoms with van der Waals surface area (Å²) in [6.07, 6.45) is 6.25. The average molecular weight is 556 g/mol. The fraction of sp³-hybridized carbons (Fsp3) is 0.200. The molecule has 4 heterocycles. The zero-order chi connectivity index (χ0) is 28.8. The molecule has 3 aliphatic heterocycles. The van der Waals surface area contributed by atoms with Crippen LogP contribution in [0.5, 0.6) is 5.75 Å². The van der Waals surface area contributed by atoms with E-state index < -0.39 is 23.4 Å².